The molecule has 0 spiro atoms. The van der Waals surface area contributed by atoms with Crippen LogP contribution in [0.15, 0.2) is 22.7 Å². The lowest BCUT2D eigenvalue weighted by Gasteiger charge is -2.49. The first-order valence-corrected chi connectivity index (χ1v) is 28.2. The van der Waals surface area contributed by atoms with Crippen LogP contribution in [0.1, 0.15) is 103 Å². The number of carboxylic acid groups (broad SMARTS) is 1. The minimum Gasteiger partial charge on any atom is -0.479 e. The lowest BCUT2D eigenvalue weighted by atomic mass is 9.75. The van der Waals surface area contributed by atoms with Crippen molar-refractivity contribution in [2.24, 2.45) is 17.8 Å². The third kappa shape index (κ3) is 18.0. The monoisotopic (exact) mass is 1110 g/mol. The molecule has 2 amide bonds. The number of carbonyl (C=O) groups is 3. The van der Waals surface area contributed by atoms with Gasteiger partial charge in [0.1, 0.15) is 42.7 Å². The predicted molar refractivity (Wildman–Crippen MR) is 277 cm³/mol. The van der Waals surface area contributed by atoms with Gasteiger partial charge < -0.3 is 86.2 Å². The molecule has 5 fully saturated rings. The van der Waals surface area contributed by atoms with Gasteiger partial charge in [0.15, 0.2) is 18.7 Å². The van der Waals surface area contributed by atoms with Gasteiger partial charge in [-0.15, -0.1) is 0 Å². The first kappa shape index (κ1) is 60.7. The number of nitrogens with one attached hydrogen (secondary N) is 6. The fourth-order valence-electron chi connectivity index (χ4n) is 11.1. The standard InChI is InChI=1S/C52H88BrN7O14/c1-4-35-26-37(49(67)58-20-19-57-28-36-13-12-34(24-38(36)53)29-60-22-9-16-55-18-17-54-14-8-15-56-21-23-60)27-39(47(35)74-52-46(66)45(65)43(63)31(2)70-52)72-51-42(59-32(3)62)48(44(64)41(30-61)73-51)71-40(50(68)69)25-33-10-6-5-7-11-33/h12-13,24,31,33,35,37,39-48,51-52,54-57,61,63-66H,4-11,14-23,25-30H2,1-3H3,(H,58,67)(H,59,62)(H,68,69)/t31?,35?,37?,39?,40-,41?,42?,43?,44?,45?,46?,47?,48?,51?,52?/m0/s1. The number of hydrogen-bond acceptors (Lipinski definition) is 18. The number of halogens is 1. The van der Waals surface area contributed by atoms with Crippen LogP contribution in [0.2, 0.25) is 0 Å². The molecule has 1 aromatic carbocycles. The molecule has 3 saturated heterocycles. The molecule has 3 heterocycles. The summed E-state index contributed by atoms with van der Waals surface area (Å²) >= 11 is 3.80. The average molecular weight is 1120 g/mol. The van der Waals surface area contributed by atoms with E-state index >= 15 is 0 Å². The molecule has 21 nitrogen and oxygen atoms in total. The van der Waals surface area contributed by atoms with Crippen molar-refractivity contribution < 1.29 is 68.7 Å². The fourth-order valence-corrected chi connectivity index (χ4v) is 11.7. The van der Waals surface area contributed by atoms with Gasteiger partial charge in [-0.3, -0.25) is 14.5 Å². The van der Waals surface area contributed by atoms with E-state index in [-0.39, 0.29) is 24.7 Å². The van der Waals surface area contributed by atoms with E-state index < -0.39 is 110 Å². The Morgan fingerprint density at radius 2 is 1.57 bits per heavy atom. The highest BCUT2D eigenvalue weighted by molar-refractivity contribution is 9.10. The molecule has 22 heteroatoms. The molecule has 14 unspecified atom stereocenters. The highest BCUT2D eigenvalue weighted by Crippen LogP contribution is 2.40. The summed E-state index contributed by atoms with van der Waals surface area (Å²) in [4.78, 5) is 42.2. The Bertz CT molecular complexity index is 1840. The molecule has 12 N–H and O–H groups in total. The molecule has 0 radical (unpaired) electrons. The first-order chi connectivity index (χ1) is 35.7. The topological polar surface area (TPSA) is 294 Å². The van der Waals surface area contributed by atoms with E-state index in [1.54, 1.807) is 0 Å². The minimum absolute atomic E-state index is 0.0514. The largest absolute Gasteiger partial charge is 0.479 e. The van der Waals surface area contributed by atoms with Gasteiger partial charge >= 0.3 is 5.97 Å². The number of nitrogens with zero attached hydrogens (tertiary/aromatic N) is 1. The number of rotatable bonds is 20. The van der Waals surface area contributed by atoms with Gasteiger partial charge in [0, 0.05) is 69.7 Å². The van der Waals surface area contributed by atoms with Crippen LogP contribution in [-0.2, 0) is 51.2 Å². The van der Waals surface area contributed by atoms with Gasteiger partial charge in [-0.2, -0.15) is 0 Å². The summed E-state index contributed by atoms with van der Waals surface area (Å²) in [5.74, 6) is -2.95. The van der Waals surface area contributed by atoms with Crippen LogP contribution in [0.3, 0.4) is 0 Å². The van der Waals surface area contributed by atoms with E-state index in [0.29, 0.717) is 32.5 Å². The van der Waals surface area contributed by atoms with Crippen molar-refractivity contribution in [1.82, 2.24) is 36.8 Å². The maximum absolute atomic E-state index is 14.1. The van der Waals surface area contributed by atoms with Gasteiger partial charge in [0.25, 0.3) is 0 Å². The Labute approximate surface area is 445 Å². The van der Waals surface area contributed by atoms with Gasteiger partial charge in [0.2, 0.25) is 11.8 Å². The van der Waals surface area contributed by atoms with Gasteiger partial charge in [-0.05, 0) is 94.2 Å². The third-order valence-electron chi connectivity index (χ3n) is 15.4. The minimum atomic E-state index is -1.64. The Balaban J connectivity index is 1.12. The number of ether oxygens (including phenoxy) is 5. The average Bonchev–Trinajstić information content (AvgIpc) is 3.38. The first-order valence-electron chi connectivity index (χ1n) is 27.4. The van der Waals surface area contributed by atoms with Crippen LogP contribution in [0.25, 0.3) is 0 Å². The van der Waals surface area contributed by atoms with Gasteiger partial charge in [-0.25, -0.2) is 4.79 Å². The molecule has 0 aromatic heterocycles. The van der Waals surface area contributed by atoms with Crippen molar-refractivity contribution in [2.75, 3.05) is 72.1 Å². The van der Waals surface area contributed by atoms with Crippen molar-refractivity contribution >= 4 is 33.7 Å². The van der Waals surface area contributed by atoms with Crippen molar-refractivity contribution in [3.63, 3.8) is 0 Å². The fraction of sp³-hybridized carbons (Fsp3) is 0.827. The molecule has 15 atom stereocenters. The number of aliphatic hydroxyl groups is 5. The highest BCUT2D eigenvalue weighted by Gasteiger charge is 2.53. The summed E-state index contributed by atoms with van der Waals surface area (Å²) in [6, 6.07) is 5.18. The maximum Gasteiger partial charge on any atom is 0.332 e. The predicted octanol–water partition coefficient (Wildman–Crippen LogP) is 0.445. The zero-order chi connectivity index (χ0) is 53.1. The summed E-state index contributed by atoms with van der Waals surface area (Å²) in [5.41, 5.74) is 2.31. The Hall–Kier alpha value is -2.49. The molecule has 0 bridgehead atoms. The van der Waals surface area contributed by atoms with Crippen LogP contribution in [-0.4, -0.2) is 205 Å². The molecule has 5 aliphatic rings. The van der Waals surface area contributed by atoms with Crippen LogP contribution >= 0.6 is 15.9 Å². The molecule has 2 aliphatic carbocycles. The normalized spacial score (nSPS) is 34.0. The van der Waals surface area contributed by atoms with Gasteiger partial charge in [0.05, 0.1) is 24.9 Å². The molecule has 2 saturated carbocycles. The SMILES string of the molecule is CCC1CC(C(=O)NCCNCc2ccc(CN3CCCNCCNCCCNCC3)cc2Br)CC(OC2OC(CO)C(O)C(O[C@@H](CC3CCCCC3)C(=O)O)C2NC(C)=O)C1OC1OC(C)C(O)C(O)C1O. The number of carbonyl (C=O) groups excluding carboxylic acids is 2. The smallest absolute Gasteiger partial charge is 0.332 e. The van der Waals surface area contributed by atoms with Crippen LogP contribution in [0.4, 0.5) is 0 Å². The molecule has 422 valence electrons. The van der Waals surface area contributed by atoms with Gasteiger partial charge in [-0.1, -0.05) is 73.5 Å². The Morgan fingerprint density at radius 3 is 2.26 bits per heavy atom. The number of carboxylic acids is 1. The second kappa shape index (κ2) is 31.2. The molecule has 6 rings (SSSR count). The van der Waals surface area contributed by atoms with Crippen molar-refractivity contribution in [1.29, 1.82) is 0 Å². The summed E-state index contributed by atoms with van der Waals surface area (Å²) in [5, 5.41) is 84.5. The summed E-state index contributed by atoms with van der Waals surface area (Å²) in [6.07, 6.45) is -8.07. The van der Waals surface area contributed by atoms with Crippen molar-refractivity contribution in [3.8, 4) is 0 Å². The van der Waals surface area contributed by atoms with Crippen molar-refractivity contribution in [3.05, 3.63) is 33.8 Å². The van der Waals surface area contributed by atoms with E-state index in [1.165, 1.54) is 19.4 Å². The molecular formula is C52H88BrN7O14. The van der Waals surface area contributed by atoms with Crippen LogP contribution in [0, 0.1) is 17.8 Å². The Kier molecular flexibility index (Phi) is 25.6. The third-order valence-corrected chi connectivity index (χ3v) is 16.1. The van der Waals surface area contributed by atoms with Crippen LogP contribution < -0.4 is 31.9 Å². The number of aliphatic carboxylic acids is 1. The molecule has 1 aromatic rings. The maximum atomic E-state index is 14.1. The lowest BCUT2D eigenvalue weighted by Crippen LogP contribution is -2.67. The van der Waals surface area contributed by atoms with E-state index in [2.05, 4.69) is 70.9 Å². The lowest BCUT2D eigenvalue weighted by molar-refractivity contribution is -0.338. The van der Waals surface area contributed by atoms with E-state index in [9.17, 15) is 45.0 Å². The molecular weight excluding hydrogens is 1030 g/mol. The number of aliphatic hydroxyl groups excluding tert-OH is 5. The van der Waals surface area contributed by atoms with Crippen LogP contribution in [0.5, 0.6) is 0 Å². The zero-order valence-corrected chi connectivity index (χ0v) is 45.3. The second-order valence-corrected chi connectivity index (χ2v) is 21.9. The molecule has 3 aliphatic heterocycles. The van der Waals surface area contributed by atoms with E-state index in [4.69, 9.17) is 23.7 Å². The van der Waals surface area contributed by atoms with E-state index in [0.717, 1.165) is 114 Å². The Morgan fingerprint density at radius 1 is 0.838 bits per heavy atom. The quantitative estimate of drug-likeness (QED) is 0.0790. The number of hydrogen-bond donors (Lipinski definition) is 12. The summed E-state index contributed by atoms with van der Waals surface area (Å²) in [7, 11) is 0. The number of amides is 2. The second-order valence-electron chi connectivity index (χ2n) is 21.0. The highest BCUT2D eigenvalue weighted by atomic mass is 79.9. The van der Waals surface area contributed by atoms with Crippen molar-refractivity contribution in [2.45, 2.75) is 184 Å². The summed E-state index contributed by atoms with van der Waals surface area (Å²) < 4.78 is 32.5. The van der Waals surface area contributed by atoms with E-state index in [1.807, 2.05) is 6.92 Å². The molecule has 74 heavy (non-hydrogen) atoms. The number of benzene rings is 1. The zero-order valence-electron chi connectivity index (χ0n) is 43.7. The summed E-state index contributed by atoms with van der Waals surface area (Å²) in [6.45, 7) is 14.1.